The second-order valence-corrected chi connectivity index (χ2v) is 4.41. The van der Waals surface area contributed by atoms with E-state index in [1.807, 2.05) is 45.0 Å². The van der Waals surface area contributed by atoms with Crippen molar-refractivity contribution >= 4 is 28.8 Å². The molecule has 4 heteroatoms. The number of ketones is 1. The van der Waals surface area contributed by atoms with Crippen LogP contribution in [0.1, 0.15) is 25.8 Å². The maximum atomic E-state index is 11.4. The first-order chi connectivity index (χ1) is 8.02. The molecule has 1 atom stereocenters. The van der Waals surface area contributed by atoms with Crippen LogP contribution >= 0.6 is 12.2 Å². The predicted molar refractivity (Wildman–Crippen MR) is 75.3 cm³/mol. The monoisotopic (exact) mass is 250 g/mol. The lowest BCUT2D eigenvalue weighted by Gasteiger charge is -2.15. The van der Waals surface area contributed by atoms with Gasteiger partial charge in [0.15, 0.2) is 10.9 Å². The highest BCUT2D eigenvalue weighted by Gasteiger charge is 2.11. The van der Waals surface area contributed by atoms with E-state index in [-0.39, 0.29) is 11.8 Å². The topological polar surface area (TPSA) is 41.1 Å². The van der Waals surface area contributed by atoms with Crippen molar-refractivity contribution in [3.63, 3.8) is 0 Å². The van der Waals surface area contributed by atoms with Gasteiger partial charge in [0.2, 0.25) is 0 Å². The van der Waals surface area contributed by atoms with Gasteiger partial charge in [-0.1, -0.05) is 24.6 Å². The average Bonchev–Trinajstić information content (AvgIpc) is 2.30. The van der Waals surface area contributed by atoms with Gasteiger partial charge >= 0.3 is 0 Å². The normalized spacial score (nSPS) is 11.7. The Kier molecular flexibility index (Phi) is 5.10. The third-order valence-electron chi connectivity index (χ3n) is 2.49. The molecule has 0 aliphatic carbocycles. The quantitative estimate of drug-likeness (QED) is 0.806. The van der Waals surface area contributed by atoms with E-state index >= 15 is 0 Å². The molecule has 0 saturated heterocycles. The molecular formula is C13H18N2OS. The predicted octanol–water partition coefficient (Wildman–Crippen LogP) is 2.65. The van der Waals surface area contributed by atoms with Crippen molar-refractivity contribution in [2.24, 2.45) is 0 Å². The maximum Gasteiger partial charge on any atom is 0.171 e. The van der Waals surface area contributed by atoms with Gasteiger partial charge in [0.25, 0.3) is 0 Å². The van der Waals surface area contributed by atoms with Crippen LogP contribution < -0.4 is 10.6 Å². The Labute approximate surface area is 108 Å². The van der Waals surface area contributed by atoms with Crippen LogP contribution in [0.15, 0.2) is 24.3 Å². The molecule has 1 aromatic rings. The van der Waals surface area contributed by atoms with Crippen molar-refractivity contribution in [2.45, 2.75) is 33.2 Å². The van der Waals surface area contributed by atoms with E-state index in [0.29, 0.717) is 11.5 Å². The molecule has 0 saturated carbocycles. The Bertz CT molecular complexity index is 400. The number of thiocarbonyl (C=S) groups is 1. The fourth-order valence-electron chi connectivity index (χ4n) is 1.39. The first-order valence-corrected chi connectivity index (χ1v) is 6.10. The fourth-order valence-corrected chi connectivity index (χ4v) is 1.68. The van der Waals surface area contributed by atoms with Crippen LogP contribution in [0, 0.1) is 6.92 Å². The summed E-state index contributed by atoms with van der Waals surface area (Å²) in [4.78, 5) is 11.4. The highest BCUT2D eigenvalue weighted by Crippen LogP contribution is 2.08. The summed E-state index contributed by atoms with van der Waals surface area (Å²) in [5.74, 6) is 0.151. The molecule has 0 aromatic heterocycles. The van der Waals surface area contributed by atoms with Crippen LogP contribution in [0.3, 0.4) is 0 Å². The van der Waals surface area contributed by atoms with Crippen molar-refractivity contribution in [3.8, 4) is 0 Å². The number of hydrogen-bond donors (Lipinski definition) is 2. The standard InChI is InChI=1S/C13H18N2OS/c1-4-12(16)10(3)14-13(17)15-11-7-5-9(2)6-8-11/h5-8,10H,4H2,1-3H3,(H2,14,15,17)/t10-/m0/s1. The van der Waals surface area contributed by atoms with E-state index in [1.54, 1.807) is 0 Å². The number of carbonyl (C=O) groups is 1. The second kappa shape index (κ2) is 6.35. The van der Waals surface area contributed by atoms with Gasteiger partial charge < -0.3 is 10.6 Å². The van der Waals surface area contributed by atoms with E-state index in [1.165, 1.54) is 5.56 Å². The highest BCUT2D eigenvalue weighted by molar-refractivity contribution is 7.80. The summed E-state index contributed by atoms with van der Waals surface area (Å²) < 4.78 is 0. The smallest absolute Gasteiger partial charge is 0.171 e. The first kappa shape index (κ1) is 13.6. The lowest BCUT2D eigenvalue weighted by atomic mass is 10.2. The molecule has 17 heavy (non-hydrogen) atoms. The Hall–Kier alpha value is -1.42. The van der Waals surface area contributed by atoms with Crippen LogP contribution in [0.4, 0.5) is 5.69 Å². The van der Waals surface area contributed by atoms with Gasteiger partial charge in [-0.25, -0.2) is 0 Å². The molecule has 0 fully saturated rings. The van der Waals surface area contributed by atoms with E-state index < -0.39 is 0 Å². The zero-order valence-electron chi connectivity index (χ0n) is 10.4. The molecule has 0 unspecified atom stereocenters. The first-order valence-electron chi connectivity index (χ1n) is 5.69. The van der Waals surface area contributed by atoms with Crippen molar-refractivity contribution in [1.82, 2.24) is 5.32 Å². The van der Waals surface area contributed by atoms with Crippen LogP contribution in [0.5, 0.6) is 0 Å². The Morgan fingerprint density at radius 3 is 2.47 bits per heavy atom. The maximum absolute atomic E-state index is 11.4. The van der Waals surface area contributed by atoms with Crippen molar-refractivity contribution in [2.75, 3.05) is 5.32 Å². The third kappa shape index (κ3) is 4.53. The number of Topliss-reactive ketones (excluding diaryl/α,β-unsaturated/α-hetero) is 1. The Morgan fingerprint density at radius 1 is 1.35 bits per heavy atom. The van der Waals surface area contributed by atoms with Crippen LogP contribution in [-0.4, -0.2) is 16.9 Å². The summed E-state index contributed by atoms with van der Waals surface area (Å²) in [5.41, 5.74) is 2.12. The molecule has 3 nitrogen and oxygen atoms in total. The molecule has 0 spiro atoms. The molecule has 0 amide bonds. The van der Waals surface area contributed by atoms with Crippen LogP contribution in [0.2, 0.25) is 0 Å². The molecule has 1 rings (SSSR count). The minimum absolute atomic E-state index is 0.151. The van der Waals surface area contributed by atoms with E-state index in [9.17, 15) is 4.79 Å². The Balaban J connectivity index is 2.50. The van der Waals surface area contributed by atoms with E-state index in [2.05, 4.69) is 10.6 Å². The van der Waals surface area contributed by atoms with Gasteiger partial charge in [-0.05, 0) is 38.2 Å². The Morgan fingerprint density at radius 2 is 1.94 bits per heavy atom. The van der Waals surface area contributed by atoms with Gasteiger partial charge in [-0.3, -0.25) is 4.79 Å². The van der Waals surface area contributed by atoms with Crippen LogP contribution in [0.25, 0.3) is 0 Å². The zero-order valence-corrected chi connectivity index (χ0v) is 11.2. The summed E-state index contributed by atoms with van der Waals surface area (Å²) in [6.45, 7) is 5.69. The molecule has 1 aromatic carbocycles. The van der Waals surface area contributed by atoms with Crippen LogP contribution in [-0.2, 0) is 4.79 Å². The second-order valence-electron chi connectivity index (χ2n) is 4.01. The van der Waals surface area contributed by atoms with Crippen molar-refractivity contribution in [1.29, 1.82) is 0 Å². The minimum Gasteiger partial charge on any atom is -0.353 e. The lowest BCUT2D eigenvalue weighted by molar-refractivity contribution is -0.120. The number of nitrogens with one attached hydrogen (secondary N) is 2. The van der Waals surface area contributed by atoms with Crippen molar-refractivity contribution < 1.29 is 4.79 Å². The number of benzene rings is 1. The number of anilines is 1. The van der Waals surface area contributed by atoms with E-state index in [0.717, 1.165) is 5.69 Å². The lowest BCUT2D eigenvalue weighted by Crippen LogP contribution is -2.40. The molecule has 2 N–H and O–H groups in total. The van der Waals surface area contributed by atoms with Crippen molar-refractivity contribution in [3.05, 3.63) is 29.8 Å². The summed E-state index contributed by atoms with van der Waals surface area (Å²) in [6, 6.07) is 7.67. The third-order valence-corrected chi connectivity index (χ3v) is 2.71. The summed E-state index contributed by atoms with van der Waals surface area (Å²) in [7, 11) is 0. The SMILES string of the molecule is CCC(=O)[C@H](C)NC(=S)Nc1ccc(C)cc1. The number of carbonyl (C=O) groups excluding carboxylic acids is 1. The largest absolute Gasteiger partial charge is 0.353 e. The van der Waals surface area contributed by atoms with Gasteiger partial charge in [0.05, 0.1) is 6.04 Å². The summed E-state index contributed by atoms with van der Waals surface area (Å²) in [6.07, 6.45) is 0.515. The summed E-state index contributed by atoms with van der Waals surface area (Å²) in [5, 5.41) is 6.49. The summed E-state index contributed by atoms with van der Waals surface area (Å²) >= 11 is 5.14. The van der Waals surface area contributed by atoms with Gasteiger partial charge in [-0.15, -0.1) is 0 Å². The number of hydrogen-bond acceptors (Lipinski definition) is 2. The number of rotatable bonds is 4. The molecule has 0 radical (unpaired) electrons. The molecule has 92 valence electrons. The molecule has 0 bridgehead atoms. The average molecular weight is 250 g/mol. The van der Waals surface area contributed by atoms with Gasteiger partial charge in [0, 0.05) is 12.1 Å². The number of aryl methyl sites for hydroxylation is 1. The van der Waals surface area contributed by atoms with Gasteiger partial charge in [0.1, 0.15) is 0 Å². The van der Waals surface area contributed by atoms with Gasteiger partial charge in [-0.2, -0.15) is 0 Å². The van der Waals surface area contributed by atoms with E-state index in [4.69, 9.17) is 12.2 Å². The highest BCUT2D eigenvalue weighted by atomic mass is 32.1. The molecule has 0 heterocycles. The fraction of sp³-hybridized carbons (Fsp3) is 0.385. The minimum atomic E-state index is -0.245. The zero-order chi connectivity index (χ0) is 12.8. The molecular weight excluding hydrogens is 232 g/mol. The molecule has 0 aliphatic heterocycles. The molecule has 0 aliphatic rings.